The molecule has 2 amide bonds. The first-order valence-corrected chi connectivity index (χ1v) is 12.7. The molecule has 1 rings (SSSR count). The second-order valence-corrected chi connectivity index (χ2v) is 11.3. The molecule has 0 spiro atoms. The number of hydrogen-bond donors (Lipinski definition) is 1. The normalized spacial score (nSPS) is 13.1. The maximum atomic E-state index is 12.8. The molecule has 0 saturated carbocycles. The van der Waals surface area contributed by atoms with Crippen LogP contribution < -0.4 is 0 Å². The van der Waals surface area contributed by atoms with Crippen LogP contribution in [0.3, 0.4) is 0 Å². The minimum Gasteiger partial charge on any atom is -0.480 e. The number of aliphatic carboxylic acids is 1. The third-order valence-corrected chi connectivity index (χ3v) is 4.93. The van der Waals surface area contributed by atoms with Crippen LogP contribution >= 0.6 is 0 Å². The van der Waals surface area contributed by atoms with E-state index in [1.165, 1.54) is 20.8 Å². The zero-order valence-corrected chi connectivity index (χ0v) is 25.1. The van der Waals surface area contributed by atoms with Crippen LogP contribution in [-0.4, -0.2) is 88.8 Å². The molecule has 0 bridgehead atoms. The predicted octanol–water partition coefficient (Wildman–Crippen LogP) is 6.81. The summed E-state index contributed by atoms with van der Waals surface area (Å²) in [6.45, 7) is 9.12. The molecule has 0 heterocycles. The Labute approximate surface area is 253 Å². The van der Waals surface area contributed by atoms with Crippen molar-refractivity contribution in [2.24, 2.45) is 0 Å². The number of ether oxygens (including phenoxy) is 3. The Morgan fingerprint density at radius 1 is 0.727 bits per heavy atom. The summed E-state index contributed by atoms with van der Waals surface area (Å²) in [5.74, 6) is -2.88. The first-order chi connectivity index (χ1) is 19.2. The fraction of sp³-hybridized carbons (Fsp3) is 0.643. The number of hydrogen-bond acceptors (Lipinski definition) is 7. The van der Waals surface area contributed by atoms with Gasteiger partial charge in [-0.05, 0) is 47.1 Å². The number of rotatable bonds is 8. The van der Waals surface area contributed by atoms with Crippen molar-refractivity contribution < 1.29 is 64.8 Å². The zero-order valence-electron chi connectivity index (χ0n) is 25.1. The van der Waals surface area contributed by atoms with E-state index in [1.807, 2.05) is 0 Å². The van der Waals surface area contributed by atoms with E-state index in [9.17, 15) is 45.5 Å². The third-order valence-electron chi connectivity index (χ3n) is 4.93. The number of amides is 2. The topological polar surface area (TPSA) is 123 Å². The molecule has 0 aliphatic carbocycles. The molecule has 10 nitrogen and oxygen atoms in total. The molecule has 2 atom stereocenters. The molecule has 0 fully saturated rings. The highest BCUT2D eigenvalue weighted by molar-refractivity contribution is 5.81. The van der Waals surface area contributed by atoms with Gasteiger partial charge in [0.1, 0.15) is 29.9 Å². The minimum atomic E-state index is -4.68. The number of carbonyl (C=O) groups excluding carboxylic acids is 3. The Morgan fingerprint density at radius 3 is 1.43 bits per heavy atom. The van der Waals surface area contributed by atoms with Gasteiger partial charge >= 0.3 is 36.5 Å². The van der Waals surface area contributed by atoms with E-state index in [1.54, 1.807) is 51.1 Å². The van der Waals surface area contributed by atoms with Gasteiger partial charge in [0, 0.05) is 14.1 Å². The van der Waals surface area contributed by atoms with Crippen LogP contribution in [0.15, 0.2) is 30.3 Å². The molecule has 0 radical (unpaired) electrons. The van der Waals surface area contributed by atoms with Gasteiger partial charge < -0.3 is 19.3 Å². The van der Waals surface area contributed by atoms with Crippen LogP contribution in [0.25, 0.3) is 0 Å². The van der Waals surface area contributed by atoms with Crippen LogP contribution in [0.5, 0.6) is 0 Å². The number of benzene rings is 1. The van der Waals surface area contributed by atoms with E-state index in [-0.39, 0.29) is 14.0 Å². The van der Waals surface area contributed by atoms with Gasteiger partial charge in [-0.1, -0.05) is 37.8 Å². The van der Waals surface area contributed by atoms with Crippen molar-refractivity contribution in [1.29, 1.82) is 0 Å². The molecule has 0 aliphatic rings. The highest BCUT2D eigenvalue weighted by atomic mass is 19.4. The summed E-state index contributed by atoms with van der Waals surface area (Å²) >= 11 is 0. The van der Waals surface area contributed by atoms with Gasteiger partial charge in [-0.2, -0.15) is 26.3 Å². The lowest BCUT2D eigenvalue weighted by Gasteiger charge is -2.30. The van der Waals surface area contributed by atoms with Gasteiger partial charge in [-0.3, -0.25) is 9.80 Å². The van der Waals surface area contributed by atoms with Crippen LogP contribution in [0, 0.1) is 0 Å². The highest BCUT2D eigenvalue weighted by Gasteiger charge is 2.42. The molecule has 0 aliphatic heterocycles. The number of halogens is 6. The van der Waals surface area contributed by atoms with Crippen molar-refractivity contribution in [2.45, 2.75) is 104 Å². The summed E-state index contributed by atoms with van der Waals surface area (Å²) in [6, 6.07) is 4.70. The lowest BCUT2D eigenvalue weighted by molar-refractivity contribution is -0.169. The summed E-state index contributed by atoms with van der Waals surface area (Å²) < 4.78 is 89.7. The van der Waals surface area contributed by atoms with Gasteiger partial charge in [0.15, 0.2) is 0 Å². The Morgan fingerprint density at radius 2 is 1.09 bits per heavy atom. The van der Waals surface area contributed by atoms with E-state index in [4.69, 9.17) is 19.3 Å². The summed E-state index contributed by atoms with van der Waals surface area (Å²) in [6.07, 6.45) is -14.6. The molecule has 16 heteroatoms. The predicted molar refractivity (Wildman–Crippen MR) is 148 cm³/mol. The fourth-order valence-electron chi connectivity index (χ4n) is 2.95. The monoisotopic (exact) mass is 648 g/mol. The molecule has 0 aromatic heterocycles. The Kier molecular flexibility index (Phi) is 16.3. The Balaban J connectivity index is 0. The van der Waals surface area contributed by atoms with E-state index < -0.39 is 72.6 Å². The van der Waals surface area contributed by atoms with Crippen molar-refractivity contribution in [1.82, 2.24) is 9.80 Å². The lowest BCUT2D eigenvalue weighted by Crippen LogP contribution is -2.47. The van der Waals surface area contributed by atoms with Crippen molar-refractivity contribution in [2.75, 3.05) is 14.1 Å². The van der Waals surface area contributed by atoms with Gasteiger partial charge in [0.05, 0.1) is 12.8 Å². The SMILES string of the molecule is C.CN(C(=O)OC(C)(C)C)C(CC(F)(F)F)C(=O)O.CN(C(=O)OC(C)(C)C)C(CC(F)(F)F)C(=O)OCc1ccccc1. The van der Waals surface area contributed by atoms with Crippen LogP contribution in [0.4, 0.5) is 35.9 Å². The van der Waals surface area contributed by atoms with Crippen LogP contribution in [0.1, 0.15) is 67.4 Å². The van der Waals surface area contributed by atoms with E-state index in [0.29, 0.717) is 15.4 Å². The molecule has 0 saturated heterocycles. The first-order valence-electron chi connectivity index (χ1n) is 12.7. The van der Waals surface area contributed by atoms with Crippen molar-refractivity contribution in [3.05, 3.63) is 35.9 Å². The van der Waals surface area contributed by atoms with E-state index in [2.05, 4.69) is 0 Å². The number of esters is 1. The molecule has 1 aromatic carbocycles. The third kappa shape index (κ3) is 18.7. The van der Waals surface area contributed by atoms with E-state index in [0.717, 1.165) is 14.1 Å². The van der Waals surface area contributed by atoms with Crippen LogP contribution in [0.2, 0.25) is 0 Å². The summed E-state index contributed by atoms with van der Waals surface area (Å²) in [4.78, 5) is 47.4. The van der Waals surface area contributed by atoms with Gasteiger partial charge in [-0.25, -0.2) is 19.2 Å². The summed E-state index contributed by atoms with van der Waals surface area (Å²) in [5.41, 5.74) is -1.18. The number of likely N-dealkylation sites (N-methyl/N-ethyl adjacent to an activating group) is 2. The molecule has 1 N–H and O–H groups in total. The van der Waals surface area contributed by atoms with Gasteiger partial charge in [-0.15, -0.1) is 0 Å². The van der Waals surface area contributed by atoms with Gasteiger partial charge in [0.25, 0.3) is 0 Å². The number of carboxylic acids is 1. The number of carboxylic acid groups (broad SMARTS) is 1. The quantitative estimate of drug-likeness (QED) is 0.185. The number of alkyl halides is 6. The fourth-order valence-corrected chi connectivity index (χ4v) is 2.95. The van der Waals surface area contributed by atoms with E-state index >= 15 is 0 Å². The second-order valence-electron chi connectivity index (χ2n) is 11.3. The molecule has 1 aromatic rings. The number of carbonyl (C=O) groups is 4. The van der Waals surface area contributed by atoms with Crippen molar-refractivity contribution in [3.63, 3.8) is 0 Å². The van der Waals surface area contributed by atoms with Gasteiger partial charge in [0.2, 0.25) is 0 Å². The lowest BCUT2D eigenvalue weighted by atomic mass is 10.1. The van der Waals surface area contributed by atoms with Crippen LogP contribution in [-0.2, 0) is 30.4 Å². The Bertz CT molecular complexity index is 1070. The average Bonchev–Trinajstić information content (AvgIpc) is 2.81. The molecule has 254 valence electrons. The number of nitrogens with zero attached hydrogens (tertiary/aromatic N) is 2. The molecular formula is C28H42F6N2O8. The first kappa shape index (κ1) is 42.4. The van der Waals surface area contributed by atoms with Crippen molar-refractivity contribution in [3.8, 4) is 0 Å². The highest BCUT2D eigenvalue weighted by Crippen LogP contribution is 2.26. The summed E-state index contributed by atoms with van der Waals surface area (Å²) in [5, 5.41) is 8.70. The second kappa shape index (κ2) is 16.9. The largest absolute Gasteiger partial charge is 0.480 e. The molecule has 2 unspecified atom stereocenters. The smallest absolute Gasteiger partial charge is 0.410 e. The maximum absolute atomic E-state index is 12.8. The zero-order chi connectivity index (χ0) is 34.0. The maximum Gasteiger partial charge on any atom is 0.410 e. The summed E-state index contributed by atoms with van der Waals surface area (Å²) in [7, 11) is 2.03. The minimum absolute atomic E-state index is 0. The Hall–Kier alpha value is -3.72. The molecule has 44 heavy (non-hydrogen) atoms. The average molecular weight is 649 g/mol. The molecular weight excluding hydrogens is 606 g/mol. The van der Waals surface area contributed by atoms with Crippen molar-refractivity contribution >= 4 is 24.1 Å². The standard InChI is InChI=1S/C17H22F3NO4.C10H16F3NO4.CH4/c1-16(2,3)25-15(23)21(4)13(10-17(18,19)20)14(22)24-11-12-8-6-5-7-9-12;1-9(2,3)18-8(17)14(4)6(7(15)16)5-10(11,12)13;/h5-9,13H,10-11H2,1-4H3;6H,5H2,1-4H3,(H,15,16);1H4.